The monoisotopic (exact) mass is 270 g/mol. The topological polar surface area (TPSA) is 30.2 Å². The molecule has 2 saturated carbocycles. The smallest absolute Gasteiger partial charge is 0.145 e. The Morgan fingerprint density at radius 1 is 1.25 bits per heavy atom. The van der Waals surface area contributed by atoms with E-state index in [0.29, 0.717) is 5.78 Å². The zero-order valence-corrected chi connectivity index (χ0v) is 12.5. The van der Waals surface area contributed by atoms with Crippen LogP contribution in [-0.4, -0.2) is 5.78 Å². The van der Waals surface area contributed by atoms with Gasteiger partial charge in [-0.1, -0.05) is 38.8 Å². The Labute approximate surface area is 120 Å². The lowest BCUT2D eigenvalue weighted by molar-refractivity contribution is -0.146. The van der Waals surface area contributed by atoms with Gasteiger partial charge in [-0.3, -0.25) is 4.79 Å². The van der Waals surface area contributed by atoms with Crippen LogP contribution in [0.1, 0.15) is 51.7 Å². The average Bonchev–Trinajstić information content (AvgIpc) is 2.87. The van der Waals surface area contributed by atoms with Gasteiger partial charge in [-0.05, 0) is 35.8 Å². The van der Waals surface area contributed by atoms with Crippen LogP contribution < -0.4 is 0 Å². The number of allylic oxidation sites excluding steroid dienone is 2. The first-order valence-electron chi connectivity index (χ1n) is 7.75. The van der Waals surface area contributed by atoms with Gasteiger partial charge in [0, 0.05) is 17.8 Å². The maximum absolute atomic E-state index is 12.5. The number of hydrogen-bond donors (Lipinski definition) is 0. The molecule has 106 valence electrons. The molecule has 0 saturated heterocycles. The molecule has 0 radical (unpaired) electrons. The van der Waals surface area contributed by atoms with Crippen molar-refractivity contribution in [3.05, 3.63) is 35.8 Å². The second-order valence-electron chi connectivity index (χ2n) is 7.68. The normalized spacial score (nSPS) is 41.6. The molecular formula is C18H22O2. The molecule has 1 heterocycles. The van der Waals surface area contributed by atoms with E-state index in [1.54, 1.807) is 6.26 Å². The third-order valence-corrected chi connectivity index (χ3v) is 6.13. The van der Waals surface area contributed by atoms with Gasteiger partial charge in [0.1, 0.15) is 11.5 Å². The fourth-order valence-electron chi connectivity index (χ4n) is 5.23. The molecule has 20 heavy (non-hydrogen) atoms. The molecule has 2 bridgehead atoms. The summed E-state index contributed by atoms with van der Waals surface area (Å²) in [5, 5.41) is 0. The highest BCUT2D eigenvalue weighted by molar-refractivity contribution is 5.96. The van der Waals surface area contributed by atoms with Crippen molar-refractivity contribution >= 4 is 5.78 Å². The highest BCUT2D eigenvalue weighted by Crippen LogP contribution is 2.67. The van der Waals surface area contributed by atoms with Gasteiger partial charge < -0.3 is 4.42 Å². The van der Waals surface area contributed by atoms with Crippen LogP contribution in [0, 0.1) is 22.7 Å². The zero-order valence-electron chi connectivity index (χ0n) is 12.5. The Balaban J connectivity index is 1.84. The molecule has 2 fully saturated rings. The van der Waals surface area contributed by atoms with Crippen molar-refractivity contribution in [1.82, 2.24) is 0 Å². The zero-order chi connectivity index (χ0) is 14.1. The SMILES string of the molecule is CC1(C)CCC[C@@]2(C)C1=C[C@@H]1C(=O)[C@H]2[C@H]1c1ccco1. The van der Waals surface area contributed by atoms with Crippen molar-refractivity contribution in [2.75, 3.05) is 0 Å². The molecule has 0 N–H and O–H groups in total. The Bertz CT molecular complexity index is 593. The van der Waals surface area contributed by atoms with Crippen molar-refractivity contribution in [2.45, 2.75) is 46.0 Å². The van der Waals surface area contributed by atoms with Crippen LogP contribution in [0.5, 0.6) is 0 Å². The van der Waals surface area contributed by atoms with Crippen LogP contribution >= 0.6 is 0 Å². The van der Waals surface area contributed by atoms with E-state index in [-0.39, 0.29) is 28.6 Å². The fraction of sp³-hybridized carbons (Fsp3) is 0.611. The molecule has 0 spiro atoms. The van der Waals surface area contributed by atoms with Gasteiger partial charge in [0.25, 0.3) is 0 Å². The summed E-state index contributed by atoms with van der Waals surface area (Å²) in [5.74, 6) is 1.92. The molecule has 4 aliphatic carbocycles. The summed E-state index contributed by atoms with van der Waals surface area (Å²) < 4.78 is 5.62. The molecule has 0 aromatic carbocycles. The van der Waals surface area contributed by atoms with Crippen molar-refractivity contribution < 1.29 is 9.21 Å². The summed E-state index contributed by atoms with van der Waals surface area (Å²) in [6, 6.07) is 3.97. The standard InChI is InChI=1S/C18H22O2/c1-17(2)7-5-8-18(3)13(17)10-11-14(15(18)16(11)19)12-6-4-9-20-12/h4,6,9-11,14-15H,5,7-8H2,1-3H3/t11-,14+,15+,18-/m0/s1. The second kappa shape index (κ2) is 3.66. The van der Waals surface area contributed by atoms with E-state index in [2.05, 4.69) is 26.8 Å². The summed E-state index contributed by atoms with van der Waals surface area (Å²) in [4.78, 5) is 12.5. The summed E-state index contributed by atoms with van der Waals surface area (Å²) in [7, 11) is 0. The number of rotatable bonds is 1. The predicted octanol–water partition coefficient (Wildman–Crippen LogP) is 4.33. The first kappa shape index (κ1) is 12.4. The van der Waals surface area contributed by atoms with E-state index in [1.165, 1.54) is 18.4 Å². The number of carbonyl (C=O) groups is 1. The first-order chi connectivity index (χ1) is 9.45. The maximum atomic E-state index is 12.5. The third-order valence-electron chi connectivity index (χ3n) is 6.13. The second-order valence-corrected chi connectivity index (χ2v) is 7.68. The molecule has 0 amide bonds. The number of hydrogen-bond acceptors (Lipinski definition) is 2. The van der Waals surface area contributed by atoms with Gasteiger partial charge >= 0.3 is 0 Å². The van der Waals surface area contributed by atoms with Gasteiger partial charge in [-0.25, -0.2) is 0 Å². The number of Topliss-reactive ketones (excluding diaryl/α,β-unsaturated/α-hetero) is 1. The van der Waals surface area contributed by atoms with E-state index in [1.807, 2.05) is 12.1 Å². The molecule has 1 aromatic heterocycles. The molecule has 2 heteroatoms. The highest BCUT2D eigenvalue weighted by atomic mass is 16.3. The van der Waals surface area contributed by atoms with Crippen LogP contribution in [0.2, 0.25) is 0 Å². The largest absolute Gasteiger partial charge is 0.469 e. The van der Waals surface area contributed by atoms with Crippen LogP contribution in [0.15, 0.2) is 34.5 Å². The number of furan rings is 1. The van der Waals surface area contributed by atoms with Crippen molar-refractivity contribution in [3.63, 3.8) is 0 Å². The Morgan fingerprint density at radius 3 is 2.75 bits per heavy atom. The van der Waals surface area contributed by atoms with Crippen LogP contribution in [0.4, 0.5) is 0 Å². The minimum atomic E-state index is 0.0467. The van der Waals surface area contributed by atoms with Crippen molar-refractivity contribution in [3.8, 4) is 0 Å². The van der Waals surface area contributed by atoms with E-state index >= 15 is 0 Å². The molecular weight excluding hydrogens is 248 g/mol. The molecule has 5 rings (SSSR count). The van der Waals surface area contributed by atoms with E-state index < -0.39 is 0 Å². The quantitative estimate of drug-likeness (QED) is 0.711. The summed E-state index contributed by atoms with van der Waals surface area (Å²) in [6.07, 6.45) is 7.64. The predicted molar refractivity (Wildman–Crippen MR) is 77.3 cm³/mol. The lowest BCUT2D eigenvalue weighted by Crippen LogP contribution is -2.59. The molecule has 0 aliphatic heterocycles. The Kier molecular flexibility index (Phi) is 2.28. The lowest BCUT2D eigenvalue weighted by atomic mass is 9.41. The fourth-order valence-corrected chi connectivity index (χ4v) is 5.23. The minimum absolute atomic E-state index is 0.0467. The van der Waals surface area contributed by atoms with Gasteiger partial charge in [0.05, 0.1) is 6.26 Å². The van der Waals surface area contributed by atoms with Crippen LogP contribution in [0.3, 0.4) is 0 Å². The minimum Gasteiger partial charge on any atom is -0.469 e. The van der Waals surface area contributed by atoms with Crippen LogP contribution in [-0.2, 0) is 4.79 Å². The van der Waals surface area contributed by atoms with Gasteiger partial charge in [-0.15, -0.1) is 0 Å². The van der Waals surface area contributed by atoms with E-state index in [9.17, 15) is 4.79 Å². The molecule has 2 nitrogen and oxygen atoms in total. The number of ketones is 1. The van der Waals surface area contributed by atoms with Crippen LogP contribution in [0.25, 0.3) is 0 Å². The van der Waals surface area contributed by atoms with Gasteiger partial charge in [0.2, 0.25) is 0 Å². The van der Waals surface area contributed by atoms with E-state index in [0.717, 1.165) is 12.2 Å². The highest BCUT2D eigenvalue weighted by Gasteiger charge is 2.64. The maximum Gasteiger partial charge on any atom is 0.145 e. The molecule has 0 unspecified atom stereocenters. The molecule has 4 atom stereocenters. The summed E-state index contributed by atoms with van der Waals surface area (Å²) >= 11 is 0. The summed E-state index contributed by atoms with van der Waals surface area (Å²) in [5.41, 5.74) is 1.83. The third kappa shape index (κ3) is 1.32. The van der Waals surface area contributed by atoms with E-state index in [4.69, 9.17) is 4.42 Å². The number of carbonyl (C=O) groups excluding carboxylic acids is 1. The Hall–Kier alpha value is -1.31. The van der Waals surface area contributed by atoms with Crippen molar-refractivity contribution in [2.24, 2.45) is 22.7 Å². The van der Waals surface area contributed by atoms with Gasteiger partial charge in [0.15, 0.2) is 0 Å². The average molecular weight is 270 g/mol. The molecule has 1 aromatic rings. The van der Waals surface area contributed by atoms with Crippen molar-refractivity contribution in [1.29, 1.82) is 0 Å². The summed E-state index contributed by atoms with van der Waals surface area (Å²) in [6.45, 7) is 6.99. The molecule has 4 aliphatic rings. The van der Waals surface area contributed by atoms with Gasteiger partial charge in [-0.2, -0.15) is 0 Å². The first-order valence-corrected chi connectivity index (χ1v) is 7.75. The Morgan fingerprint density at radius 2 is 2.05 bits per heavy atom. The lowest BCUT2D eigenvalue weighted by Gasteiger charge is -2.61.